The summed E-state index contributed by atoms with van der Waals surface area (Å²) in [6.07, 6.45) is 4.25. The molecule has 0 aliphatic rings. The molecule has 0 bridgehead atoms. The highest BCUT2D eigenvalue weighted by molar-refractivity contribution is 6.10. The van der Waals surface area contributed by atoms with Gasteiger partial charge in [0.25, 0.3) is 0 Å². The number of aromatic amines is 1. The van der Waals surface area contributed by atoms with Gasteiger partial charge >= 0.3 is 0 Å². The second-order valence-corrected chi connectivity index (χ2v) is 8.23. The van der Waals surface area contributed by atoms with Crippen molar-refractivity contribution in [3.8, 4) is 5.75 Å². The van der Waals surface area contributed by atoms with Crippen LogP contribution in [-0.2, 0) is 6.54 Å². The highest BCUT2D eigenvalue weighted by atomic mass is 16.5. The van der Waals surface area contributed by atoms with Crippen molar-refractivity contribution in [2.45, 2.75) is 33.2 Å². The van der Waals surface area contributed by atoms with Crippen LogP contribution in [0.1, 0.15) is 32.3 Å². The summed E-state index contributed by atoms with van der Waals surface area (Å²) >= 11 is 0. The van der Waals surface area contributed by atoms with Crippen LogP contribution in [0.5, 0.6) is 5.75 Å². The first-order valence-electron chi connectivity index (χ1n) is 11.7. The molecule has 32 heavy (non-hydrogen) atoms. The Hall–Kier alpha value is -3.05. The van der Waals surface area contributed by atoms with Crippen molar-refractivity contribution in [1.29, 1.82) is 0 Å². The van der Waals surface area contributed by atoms with Crippen LogP contribution in [0.2, 0.25) is 0 Å². The summed E-state index contributed by atoms with van der Waals surface area (Å²) in [4.78, 5) is 13.4. The van der Waals surface area contributed by atoms with Crippen LogP contribution >= 0.6 is 0 Å². The number of aromatic nitrogens is 2. The summed E-state index contributed by atoms with van der Waals surface area (Å²) in [7, 11) is 1.71. The Morgan fingerprint density at radius 3 is 2.38 bits per heavy atom. The first kappa shape index (κ1) is 22.2. The fourth-order valence-corrected chi connectivity index (χ4v) is 4.39. The molecule has 5 nitrogen and oxygen atoms in total. The number of hydrogen-bond acceptors (Lipinski definition) is 4. The van der Waals surface area contributed by atoms with Gasteiger partial charge in [0, 0.05) is 35.6 Å². The zero-order valence-corrected chi connectivity index (χ0v) is 19.5. The van der Waals surface area contributed by atoms with E-state index in [1.165, 1.54) is 22.8 Å². The second kappa shape index (κ2) is 10.5. The van der Waals surface area contributed by atoms with Gasteiger partial charge in [0.05, 0.1) is 12.6 Å². The molecule has 5 heteroatoms. The Morgan fingerprint density at radius 1 is 0.875 bits per heavy atom. The molecule has 0 saturated carbocycles. The van der Waals surface area contributed by atoms with E-state index in [1.807, 2.05) is 18.3 Å². The van der Waals surface area contributed by atoms with E-state index >= 15 is 0 Å². The number of H-pyrrole nitrogens is 1. The standard InChI is InChI=1S/C27H34N4O/c1-4-30(5-2)18-8-9-19-31(20-21-12-14-22(32-3)15-13-21)27-26-24(16-17-28-27)23-10-6-7-11-25(23)29-26/h6-7,10-17,29H,4-5,8-9,18-20H2,1-3H3. The summed E-state index contributed by atoms with van der Waals surface area (Å²) < 4.78 is 5.34. The Kier molecular flexibility index (Phi) is 7.28. The third kappa shape index (κ3) is 4.89. The maximum Gasteiger partial charge on any atom is 0.153 e. The summed E-state index contributed by atoms with van der Waals surface area (Å²) in [6, 6.07) is 19.0. The van der Waals surface area contributed by atoms with Crippen molar-refractivity contribution in [2.24, 2.45) is 0 Å². The maximum absolute atomic E-state index is 5.34. The predicted octanol–water partition coefficient (Wildman–Crippen LogP) is 5.85. The summed E-state index contributed by atoms with van der Waals surface area (Å²) in [5.74, 6) is 1.91. The van der Waals surface area contributed by atoms with E-state index in [1.54, 1.807) is 7.11 Å². The van der Waals surface area contributed by atoms with Crippen LogP contribution in [-0.4, -0.2) is 48.2 Å². The lowest BCUT2D eigenvalue weighted by molar-refractivity contribution is 0.297. The van der Waals surface area contributed by atoms with Crippen LogP contribution in [0.3, 0.4) is 0 Å². The van der Waals surface area contributed by atoms with E-state index in [4.69, 9.17) is 9.72 Å². The number of benzene rings is 2. The van der Waals surface area contributed by atoms with Gasteiger partial charge in [-0.15, -0.1) is 0 Å². The molecule has 0 radical (unpaired) electrons. The molecule has 2 aromatic carbocycles. The lowest BCUT2D eigenvalue weighted by Gasteiger charge is -2.25. The van der Waals surface area contributed by atoms with Crippen molar-refractivity contribution in [2.75, 3.05) is 38.2 Å². The molecule has 2 heterocycles. The van der Waals surface area contributed by atoms with E-state index in [-0.39, 0.29) is 0 Å². The maximum atomic E-state index is 5.34. The minimum atomic E-state index is 0.816. The molecule has 0 saturated heterocycles. The number of pyridine rings is 1. The SMILES string of the molecule is CCN(CC)CCCCN(Cc1ccc(OC)cc1)c1nccc2c1[nH]c1ccccc12. The molecule has 0 fully saturated rings. The zero-order chi connectivity index (χ0) is 22.3. The molecule has 0 amide bonds. The highest BCUT2D eigenvalue weighted by Crippen LogP contribution is 2.31. The normalized spacial score (nSPS) is 11.5. The quantitative estimate of drug-likeness (QED) is 0.303. The summed E-state index contributed by atoms with van der Waals surface area (Å²) in [5, 5.41) is 2.48. The number of nitrogens with zero attached hydrogens (tertiary/aromatic N) is 3. The minimum absolute atomic E-state index is 0.816. The van der Waals surface area contributed by atoms with E-state index in [2.05, 4.69) is 71.1 Å². The van der Waals surface area contributed by atoms with E-state index < -0.39 is 0 Å². The molecule has 4 aromatic rings. The average Bonchev–Trinajstić information content (AvgIpc) is 3.23. The molecule has 0 unspecified atom stereocenters. The number of anilines is 1. The molecule has 0 aliphatic carbocycles. The topological polar surface area (TPSA) is 44.4 Å². The van der Waals surface area contributed by atoms with Crippen molar-refractivity contribution >= 4 is 27.6 Å². The summed E-state index contributed by atoms with van der Waals surface area (Å²) in [5.41, 5.74) is 3.53. The van der Waals surface area contributed by atoms with Gasteiger partial charge in [-0.1, -0.05) is 44.2 Å². The Bertz CT molecular complexity index is 1130. The van der Waals surface area contributed by atoms with Crippen molar-refractivity contribution < 1.29 is 4.74 Å². The molecular formula is C27H34N4O. The van der Waals surface area contributed by atoms with E-state index in [9.17, 15) is 0 Å². The van der Waals surface area contributed by atoms with Gasteiger partial charge in [-0.25, -0.2) is 4.98 Å². The number of methoxy groups -OCH3 is 1. The smallest absolute Gasteiger partial charge is 0.153 e. The van der Waals surface area contributed by atoms with Crippen LogP contribution in [0.4, 0.5) is 5.82 Å². The van der Waals surface area contributed by atoms with E-state index in [0.29, 0.717) is 0 Å². The van der Waals surface area contributed by atoms with Gasteiger partial charge in [-0.3, -0.25) is 0 Å². The second-order valence-electron chi connectivity index (χ2n) is 8.23. The fraction of sp³-hybridized carbons (Fsp3) is 0.370. The number of ether oxygens (including phenoxy) is 1. The first-order valence-corrected chi connectivity index (χ1v) is 11.7. The number of rotatable bonds is 11. The summed E-state index contributed by atoms with van der Waals surface area (Å²) in [6.45, 7) is 9.63. The molecule has 168 valence electrons. The largest absolute Gasteiger partial charge is 0.497 e. The zero-order valence-electron chi connectivity index (χ0n) is 19.5. The van der Waals surface area contributed by atoms with Crippen molar-refractivity contribution in [1.82, 2.24) is 14.9 Å². The van der Waals surface area contributed by atoms with Gasteiger partial charge in [0.2, 0.25) is 0 Å². The number of nitrogens with one attached hydrogen (secondary N) is 1. The lowest BCUT2D eigenvalue weighted by Crippen LogP contribution is -2.27. The molecular weight excluding hydrogens is 396 g/mol. The van der Waals surface area contributed by atoms with Crippen molar-refractivity contribution in [3.63, 3.8) is 0 Å². The van der Waals surface area contributed by atoms with Crippen LogP contribution in [0.15, 0.2) is 60.8 Å². The van der Waals surface area contributed by atoms with Gasteiger partial charge in [-0.2, -0.15) is 0 Å². The lowest BCUT2D eigenvalue weighted by atomic mass is 10.1. The fourth-order valence-electron chi connectivity index (χ4n) is 4.39. The minimum Gasteiger partial charge on any atom is -0.497 e. The molecule has 4 rings (SSSR count). The van der Waals surface area contributed by atoms with Crippen LogP contribution < -0.4 is 9.64 Å². The number of unbranched alkanes of at least 4 members (excludes halogenated alkanes) is 1. The molecule has 0 spiro atoms. The molecule has 0 atom stereocenters. The Morgan fingerprint density at radius 2 is 1.62 bits per heavy atom. The van der Waals surface area contributed by atoms with Gasteiger partial charge in [-0.05, 0) is 62.3 Å². The van der Waals surface area contributed by atoms with Crippen LogP contribution in [0, 0.1) is 0 Å². The van der Waals surface area contributed by atoms with Gasteiger partial charge in [0.15, 0.2) is 5.82 Å². The first-order chi connectivity index (χ1) is 15.7. The van der Waals surface area contributed by atoms with Crippen molar-refractivity contribution in [3.05, 3.63) is 66.4 Å². The highest BCUT2D eigenvalue weighted by Gasteiger charge is 2.16. The van der Waals surface area contributed by atoms with E-state index in [0.717, 1.165) is 61.7 Å². The van der Waals surface area contributed by atoms with Gasteiger partial charge in [0.1, 0.15) is 5.75 Å². The third-order valence-electron chi connectivity index (χ3n) is 6.29. The third-order valence-corrected chi connectivity index (χ3v) is 6.29. The van der Waals surface area contributed by atoms with Gasteiger partial charge < -0.3 is 19.5 Å². The monoisotopic (exact) mass is 430 g/mol. The number of hydrogen-bond donors (Lipinski definition) is 1. The van der Waals surface area contributed by atoms with Crippen LogP contribution in [0.25, 0.3) is 21.8 Å². The average molecular weight is 431 g/mol. The number of fused-ring (bicyclic) bond motifs is 3. The molecule has 0 aliphatic heterocycles. The predicted molar refractivity (Wildman–Crippen MR) is 135 cm³/mol. The molecule has 1 N–H and O–H groups in total. The number of para-hydroxylation sites is 1. The Labute approximate surface area is 191 Å². The molecule has 2 aromatic heterocycles. The Balaban J connectivity index is 1.61.